The van der Waals surface area contributed by atoms with Crippen LogP contribution in [-0.2, 0) is 0 Å². The van der Waals surface area contributed by atoms with Crippen LogP contribution < -0.4 is 10.1 Å². The summed E-state index contributed by atoms with van der Waals surface area (Å²) in [5, 5.41) is 6.45. The summed E-state index contributed by atoms with van der Waals surface area (Å²) in [6.07, 6.45) is 0. The van der Waals surface area contributed by atoms with Crippen LogP contribution in [0.15, 0.2) is 28.1 Å². The molecule has 0 saturated heterocycles. The molecule has 2 rings (SSSR count). The van der Waals surface area contributed by atoms with Crippen molar-refractivity contribution in [2.75, 3.05) is 13.7 Å². The van der Waals surface area contributed by atoms with Crippen LogP contribution in [0.2, 0.25) is 5.02 Å². The Morgan fingerprint density at radius 1 is 1.45 bits per heavy atom. The molecule has 1 aromatic heterocycles. The van der Waals surface area contributed by atoms with Gasteiger partial charge in [0.05, 0.1) is 22.6 Å². The zero-order valence-electron chi connectivity index (χ0n) is 11.7. The van der Waals surface area contributed by atoms with E-state index in [-0.39, 0.29) is 6.04 Å². The number of ether oxygens (including phenoxy) is 1. The van der Waals surface area contributed by atoms with Gasteiger partial charge >= 0.3 is 0 Å². The molecular formula is C15H17BrClNOS. The molecule has 0 spiro atoms. The molecule has 1 aromatic carbocycles. The van der Waals surface area contributed by atoms with Gasteiger partial charge in [-0.15, -0.1) is 11.3 Å². The van der Waals surface area contributed by atoms with Crippen molar-refractivity contribution >= 4 is 38.9 Å². The SMILES string of the molecule is CCNC(c1ccc(OC)c(Br)c1)c1scc(C)c1Cl. The minimum atomic E-state index is 0.105. The summed E-state index contributed by atoms with van der Waals surface area (Å²) in [6.45, 7) is 5.01. The highest BCUT2D eigenvalue weighted by Gasteiger charge is 2.20. The number of hydrogen-bond donors (Lipinski definition) is 1. The lowest BCUT2D eigenvalue weighted by molar-refractivity contribution is 0.412. The third kappa shape index (κ3) is 3.19. The maximum Gasteiger partial charge on any atom is 0.133 e. The summed E-state index contributed by atoms with van der Waals surface area (Å²) in [4.78, 5) is 1.16. The average molecular weight is 375 g/mol. The van der Waals surface area contributed by atoms with Crippen LogP contribution in [0.1, 0.15) is 29.0 Å². The van der Waals surface area contributed by atoms with E-state index in [4.69, 9.17) is 16.3 Å². The molecule has 2 aromatic rings. The fourth-order valence-corrected chi connectivity index (χ4v) is 4.03. The molecule has 2 nitrogen and oxygen atoms in total. The number of thiophene rings is 1. The first-order valence-corrected chi connectivity index (χ1v) is 8.43. The molecule has 1 atom stereocenters. The Morgan fingerprint density at radius 2 is 2.20 bits per heavy atom. The summed E-state index contributed by atoms with van der Waals surface area (Å²) >= 11 is 11.7. The molecule has 20 heavy (non-hydrogen) atoms. The molecule has 1 N–H and O–H groups in total. The van der Waals surface area contributed by atoms with E-state index in [1.807, 2.05) is 13.0 Å². The van der Waals surface area contributed by atoms with E-state index in [0.29, 0.717) is 0 Å². The quantitative estimate of drug-likeness (QED) is 0.778. The van der Waals surface area contributed by atoms with Gasteiger partial charge in [0.1, 0.15) is 5.75 Å². The maximum atomic E-state index is 6.42. The molecule has 1 heterocycles. The highest BCUT2D eigenvalue weighted by molar-refractivity contribution is 9.10. The van der Waals surface area contributed by atoms with Gasteiger partial charge in [0.25, 0.3) is 0 Å². The van der Waals surface area contributed by atoms with Crippen molar-refractivity contribution in [1.29, 1.82) is 0 Å². The lowest BCUT2D eigenvalue weighted by Crippen LogP contribution is -2.21. The summed E-state index contributed by atoms with van der Waals surface area (Å²) < 4.78 is 6.23. The standard InChI is InChI=1S/C15H17BrClNOS/c1-4-18-14(15-13(17)9(2)8-20-15)10-5-6-12(19-3)11(16)7-10/h5-8,14,18H,4H2,1-3H3. The monoisotopic (exact) mass is 373 g/mol. The molecule has 0 saturated carbocycles. The third-order valence-electron chi connectivity index (χ3n) is 3.10. The first kappa shape index (κ1) is 15.8. The number of rotatable bonds is 5. The Labute approximate surface area is 137 Å². The van der Waals surface area contributed by atoms with E-state index in [1.54, 1.807) is 18.4 Å². The highest BCUT2D eigenvalue weighted by atomic mass is 79.9. The first-order valence-electron chi connectivity index (χ1n) is 6.38. The van der Waals surface area contributed by atoms with E-state index in [0.717, 1.165) is 32.2 Å². The van der Waals surface area contributed by atoms with E-state index < -0.39 is 0 Å². The first-order chi connectivity index (χ1) is 9.58. The summed E-state index contributed by atoms with van der Waals surface area (Å²) in [5.41, 5.74) is 2.30. The molecule has 0 aliphatic carbocycles. The number of hydrogen-bond acceptors (Lipinski definition) is 3. The largest absolute Gasteiger partial charge is 0.496 e. The number of aryl methyl sites for hydroxylation is 1. The van der Waals surface area contributed by atoms with E-state index in [1.165, 1.54) is 5.56 Å². The number of halogens is 2. The van der Waals surface area contributed by atoms with E-state index >= 15 is 0 Å². The minimum absolute atomic E-state index is 0.105. The van der Waals surface area contributed by atoms with Gasteiger partial charge in [0, 0.05) is 4.88 Å². The Balaban J connectivity index is 2.43. The van der Waals surface area contributed by atoms with Crippen LogP contribution in [0.25, 0.3) is 0 Å². The van der Waals surface area contributed by atoms with Gasteiger partial charge in [-0.3, -0.25) is 0 Å². The lowest BCUT2D eigenvalue weighted by atomic mass is 10.0. The molecule has 0 amide bonds. The number of nitrogens with one attached hydrogen (secondary N) is 1. The normalized spacial score (nSPS) is 12.4. The van der Waals surface area contributed by atoms with Crippen molar-refractivity contribution in [3.05, 3.63) is 49.1 Å². The van der Waals surface area contributed by atoms with Crippen molar-refractivity contribution in [2.45, 2.75) is 19.9 Å². The van der Waals surface area contributed by atoms with Crippen LogP contribution in [-0.4, -0.2) is 13.7 Å². The van der Waals surface area contributed by atoms with Crippen LogP contribution in [0.4, 0.5) is 0 Å². The highest BCUT2D eigenvalue weighted by Crippen LogP contribution is 2.37. The van der Waals surface area contributed by atoms with Gasteiger partial charge in [0.2, 0.25) is 0 Å². The smallest absolute Gasteiger partial charge is 0.133 e. The molecule has 1 unspecified atom stereocenters. The average Bonchev–Trinajstić information content (AvgIpc) is 2.76. The summed E-state index contributed by atoms with van der Waals surface area (Å²) in [7, 11) is 1.67. The topological polar surface area (TPSA) is 21.3 Å². The molecule has 0 aliphatic heterocycles. The van der Waals surface area contributed by atoms with Gasteiger partial charge in [-0.25, -0.2) is 0 Å². The van der Waals surface area contributed by atoms with Crippen LogP contribution in [0.5, 0.6) is 5.75 Å². The van der Waals surface area contributed by atoms with Gasteiger partial charge in [0.15, 0.2) is 0 Å². The van der Waals surface area contributed by atoms with Gasteiger partial charge in [-0.2, -0.15) is 0 Å². The van der Waals surface area contributed by atoms with Gasteiger partial charge in [-0.1, -0.05) is 24.6 Å². The summed E-state index contributed by atoms with van der Waals surface area (Å²) in [6, 6.07) is 6.23. The molecule has 0 fully saturated rings. The van der Waals surface area contributed by atoms with E-state index in [9.17, 15) is 0 Å². The summed E-state index contributed by atoms with van der Waals surface area (Å²) in [5.74, 6) is 0.831. The molecule has 5 heteroatoms. The van der Waals surface area contributed by atoms with Crippen molar-refractivity contribution < 1.29 is 4.74 Å². The Morgan fingerprint density at radius 3 is 2.70 bits per heavy atom. The molecule has 108 valence electrons. The van der Waals surface area contributed by atoms with Crippen molar-refractivity contribution in [3.63, 3.8) is 0 Å². The molecule has 0 aliphatic rings. The second-order valence-electron chi connectivity index (χ2n) is 4.48. The van der Waals surface area contributed by atoms with Crippen molar-refractivity contribution in [1.82, 2.24) is 5.32 Å². The molecular weight excluding hydrogens is 358 g/mol. The Hall–Kier alpha value is -0.550. The number of benzene rings is 1. The predicted molar refractivity (Wildman–Crippen MR) is 90.3 cm³/mol. The third-order valence-corrected chi connectivity index (χ3v) is 5.50. The fourth-order valence-electron chi connectivity index (χ4n) is 2.07. The zero-order valence-corrected chi connectivity index (χ0v) is 14.8. The maximum absolute atomic E-state index is 6.42. The molecule has 0 radical (unpaired) electrons. The number of methoxy groups -OCH3 is 1. The predicted octanol–water partition coefficient (Wildman–Crippen LogP) is 5.18. The lowest BCUT2D eigenvalue weighted by Gasteiger charge is -2.19. The van der Waals surface area contributed by atoms with Crippen LogP contribution in [0.3, 0.4) is 0 Å². The minimum Gasteiger partial charge on any atom is -0.496 e. The fraction of sp³-hybridized carbons (Fsp3) is 0.333. The van der Waals surface area contributed by atoms with Gasteiger partial charge < -0.3 is 10.1 Å². The van der Waals surface area contributed by atoms with E-state index in [2.05, 4.69) is 45.7 Å². The second kappa shape index (κ2) is 6.94. The van der Waals surface area contributed by atoms with Gasteiger partial charge in [-0.05, 0) is 58.0 Å². The Bertz CT molecular complexity index is 600. The van der Waals surface area contributed by atoms with Crippen LogP contribution >= 0.6 is 38.9 Å². The Kier molecular flexibility index (Phi) is 5.49. The van der Waals surface area contributed by atoms with Crippen molar-refractivity contribution in [3.8, 4) is 5.75 Å². The van der Waals surface area contributed by atoms with Crippen molar-refractivity contribution in [2.24, 2.45) is 0 Å². The van der Waals surface area contributed by atoms with Crippen LogP contribution in [0, 0.1) is 6.92 Å². The second-order valence-corrected chi connectivity index (χ2v) is 6.63. The molecule has 0 bridgehead atoms. The zero-order chi connectivity index (χ0) is 14.7.